The second kappa shape index (κ2) is 7.88. The van der Waals surface area contributed by atoms with Crippen molar-refractivity contribution in [2.75, 3.05) is 51.2 Å². The van der Waals surface area contributed by atoms with Gasteiger partial charge in [-0.2, -0.15) is 0 Å². The number of benzene rings is 1. The van der Waals surface area contributed by atoms with Crippen molar-refractivity contribution >= 4 is 11.7 Å². The highest BCUT2D eigenvalue weighted by Gasteiger charge is 2.21. The summed E-state index contributed by atoms with van der Waals surface area (Å²) in [5.41, 5.74) is 2.47. The highest BCUT2D eigenvalue weighted by atomic mass is 16.2. The maximum atomic E-state index is 12.4. The molecule has 3 rings (SSSR count). The third-order valence-electron chi connectivity index (χ3n) is 5.21. The minimum absolute atomic E-state index is 0.0785. The molecule has 0 saturated carbocycles. The number of urea groups is 1. The number of piperidine rings is 1. The molecule has 1 atom stereocenters. The second-order valence-corrected chi connectivity index (χ2v) is 7.27. The molecule has 24 heavy (non-hydrogen) atoms. The molecule has 0 aliphatic carbocycles. The first-order valence-corrected chi connectivity index (χ1v) is 9.17. The Bertz CT molecular complexity index is 554. The van der Waals surface area contributed by atoms with Crippen LogP contribution in [0.25, 0.3) is 0 Å². The number of anilines is 1. The first kappa shape index (κ1) is 17.1. The van der Waals surface area contributed by atoms with E-state index in [9.17, 15) is 4.79 Å². The molecular weight excluding hydrogens is 300 g/mol. The van der Waals surface area contributed by atoms with Gasteiger partial charge in [-0.1, -0.05) is 25.1 Å². The number of carbonyl (C=O) groups is 1. The van der Waals surface area contributed by atoms with Crippen LogP contribution in [0.4, 0.5) is 10.5 Å². The van der Waals surface area contributed by atoms with Gasteiger partial charge in [0, 0.05) is 51.5 Å². The monoisotopic (exact) mass is 330 g/mol. The number of rotatable bonds is 3. The summed E-state index contributed by atoms with van der Waals surface area (Å²) < 4.78 is 0. The fourth-order valence-electron chi connectivity index (χ4n) is 3.67. The fourth-order valence-corrected chi connectivity index (χ4v) is 3.67. The van der Waals surface area contributed by atoms with Crippen molar-refractivity contribution in [2.24, 2.45) is 5.92 Å². The molecule has 0 unspecified atom stereocenters. The number of hydrogen-bond donors (Lipinski definition) is 1. The third-order valence-corrected chi connectivity index (χ3v) is 5.21. The van der Waals surface area contributed by atoms with Crippen LogP contribution in [-0.4, -0.2) is 62.1 Å². The molecule has 0 aromatic heterocycles. The van der Waals surface area contributed by atoms with Gasteiger partial charge < -0.3 is 20.0 Å². The zero-order valence-electron chi connectivity index (χ0n) is 15.0. The van der Waals surface area contributed by atoms with Crippen LogP contribution in [-0.2, 0) is 6.54 Å². The average molecular weight is 330 g/mol. The summed E-state index contributed by atoms with van der Waals surface area (Å²) >= 11 is 0. The number of piperazine rings is 1. The van der Waals surface area contributed by atoms with Crippen LogP contribution < -0.4 is 10.2 Å². The topological polar surface area (TPSA) is 38.8 Å². The van der Waals surface area contributed by atoms with E-state index in [0.717, 1.165) is 45.7 Å². The van der Waals surface area contributed by atoms with Crippen LogP contribution in [0.15, 0.2) is 24.3 Å². The van der Waals surface area contributed by atoms with Crippen molar-refractivity contribution in [2.45, 2.75) is 26.3 Å². The van der Waals surface area contributed by atoms with Gasteiger partial charge in [-0.05, 0) is 37.4 Å². The molecule has 0 radical (unpaired) electrons. The Kier molecular flexibility index (Phi) is 5.61. The Morgan fingerprint density at radius 3 is 2.67 bits per heavy atom. The lowest BCUT2D eigenvalue weighted by atomic mass is 10.0. The normalized spacial score (nSPS) is 22.5. The van der Waals surface area contributed by atoms with E-state index in [1.54, 1.807) is 0 Å². The smallest absolute Gasteiger partial charge is 0.317 e. The quantitative estimate of drug-likeness (QED) is 0.925. The second-order valence-electron chi connectivity index (χ2n) is 7.27. The first-order valence-electron chi connectivity index (χ1n) is 9.17. The van der Waals surface area contributed by atoms with E-state index in [0.29, 0.717) is 12.5 Å². The summed E-state index contributed by atoms with van der Waals surface area (Å²) in [5.74, 6) is 0.613. The minimum atomic E-state index is 0.0785. The van der Waals surface area contributed by atoms with E-state index in [1.807, 2.05) is 4.90 Å². The van der Waals surface area contributed by atoms with E-state index >= 15 is 0 Å². The predicted octanol–water partition coefficient (Wildman–Crippen LogP) is 2.38. The van der Waals surface area contributed by atoms with Gasteiger partial charge in [-0.15, -0.1) is 0 Å². The fraction of sp³-hybridized carbons (Fsp3) is 0.632. The lowest BCUT2D eigenvalue weighted by Crippen LogP contribution is -2.46. The first-order chi connectivity index (χ1) is 11.6. The van der Waals surface area contributed by atoms with Gasteiger partial charge in [0.25, 0.3) is 0 Å². The van der Waals surface area contributed by atoms with Crippen LogP contribution in [0.2, 0.25) is 0 Å². The molecule has 1 aromatic rings. The number of likely N-dealkylation sites (tertiary alicyclic amines) is 1. The Morgan fingerprint density at radius 2 is 1.92 bits per heavy atom. The van der Waals surface area contributed by atoms with Crippen molar-refractivity contribution < 1.29 is 4.79 Å². The van der Waals surface area contributed by atoms with Gasteiger partial charge in [0.15, 0.2) is 0 Å². The lowest BCUT2D eigenvalue weighted by Gasteiger charge is -2.35. The number of para-hydroxylation sites is 1. The average Bonchev–Trinajstić information content (AvgIpc) is 2.61. The van der Waals surface area contributed by atoms with E-state index in [1.165, 1.54) is 17.7 Å². The molecule has 0 bridgehead atoms. The minimum Gasteiger partial charge on any atom is -0.369 e. The standard InChI is InChI=1S/C19H30N4O/c1-16-6-5-9-23(15-16)19(24)20-14-17-7-3-4-8-18(17)22-12-10-21(2)11-13-22/h3-4,7-8,16H,5-6,9-15H2,1-2H3,(H,20,24)/t16-/m0/s1. The van der Waals surface area contributed by atoms with E-state index in [-0.39, 0.29) is 6.03 Å². The van der Waals surface area contributed by atoms with Crippen LogP contribution in [0, 0.1) is 5.92 Å². The molecule has 132 valence electrons. The molecule has 2 saturated heterocycles. The molecule has 1 aromatic carbocycles. The summed E-state index contributed by atoms with van der Waals surface area (Å²) in [4.78, 5) is 19.2. The van der Waals surface area contributed by atoms with Gasteiger partial charge >= 0.3 is 6.03 Å². The predicted molar refractivity (Wildman–Crippen MR) is 98.4 cm³/mol. The summed E-state index contributed by atoms with van der Waals surface area (Å²) in [7, 11) is 2.17. The van der Waals surface area contributed by atoms with Gasteiger partial charge in [0.05, 0.1) is 0 Å². The SMILES string of the molecule is C[C@H]1CCCN(C(=O)NCc2ccccc2N2CCN(C)CC2)C1. The van der Waals surface area contributed by atoms with Gasteiger partial charge in [0.1, 0.15) is 0 Å². The number of hydrogen-bond acceptors (Lipinski definition) is 3. The molecule has 2 heterocycles. The number of nitrogens with zero attached hydrogens (tertiary/aromatic N) is 3. The summed E-state index contributed by atoms with van der Waals surface area (Å²) in [5, 5.41) is 3.13. The third kappa shape index (κ3) is 4.20. The molecule has 2 aliphatic heterocycles. The van der Waals surface area contributed by atoms with Gasteiger partial charge in [-0.3, -0.25) is 0 Å². The molecule has 5 heteroatoms. The number of likely N-dealkylation sites (N-methyl/N-ethyl adjacent to an activating group) is 1. The van der Waals surface area contributed by atoms with Crippen LogP contribution >= 0.6 is 0 Å². The van der Waals surface area contributed by atoms with E-state index in [2.05, 4.69) is 53.4 Å². The van der Waals surface area contributed by atoms with Crippen molar-refractivity contribution in [3.05, 3.63) is 29.8 Å². The summed E-state index contributed by atoms with van der Waals surface area (Å²) in [6, 6.07) is 8.53. The molecular formula is C19H30N4O. The molecule has 2 aliphatic rings. The maximum absolute atomic E-state index is 12.4. The largest absolute Gasteiger partial charge is 0.369 e. The number of amides is 2. The Balaban J connectivity index is 1.60. The van der Waals surface area contributed by atoms with E-state index in [4.69, 9.17) is 0 Å². The highest BCUT2D eigenvalue weighted by molar-refractivity contribution is 5.74. The molecule has 0 spiro atoms. The highest BCUT2D eigenvalue weighted by Crippen LogP contribution is 2.22. The van der Waals surface area contributed by atoms with E-state index < -0.39 is 0 Å². The van der Waals surface area contributed by atoms with Gasteiger partial charge in [-0.25, -0.2) is 4.79 Å². The number of nitrogens with one attached hydrogen (secondary N) is 1. The molecule has 1 N–H and O–H groups in total. The van der Waals surface area contributed by atoms with Crippen molar-refractivity contribution in [3.63, 3.8) is 0 Å². The van der Waals surface area contributed by atoms with Crippen LogP contribution in [0.3, 0.4) is 0 Å². The van der Waals surface area contributed by atoms with Crippen molar-refractivity contribution in [3.8, 4) is 0 Å². The zero-order chi connectivity index (χ0) is 16.9. The van der Waals surface area contributed by atoms with Crippen LogP contribution in [0.1, 0.15) is 25.3 Å². The zero-order valence-corrected chi connectivity index (χ0v) is 15.0. The molecule has 5 nitrogen and oxygen atoms in total. The Morgan fingerprint density at radius 1 is 1.17 bits per heavy atom. The van der Waals surface area contributed by atoms with Crippen molar-refractivity contribution in [1.29, 1.82) is 0 Å². The Hall–Kier alpha value is -1.75. The lowest BCUT2D eigenvalue weighted by molar-refractivity contribution is 0.169. The maximum Gasteiger partial charge on any atom is 0.317 e. The van der Waals surface area contributed by atoms with Crippen molar-refractivity contribution in [1.82, 2.24) is 15.1 Å². The molecule has 2 fully saturated rings. The van der Waals surface area contributed by atoms with Crippen LogP contribution in [0.5, 0.6) is 0 Å². The summed E-state index contributed by atoms with van der Waals surface area (Å²) in [6.45, 7) is 8.87. The Labute approximate surface area is 145 Å². The number of carbonyl (C=O) groups excluding carboxylic acids is 1. The van der Waals surface area contributed by atoms with Gasteiger partial charge in [0.2, 0.25) is 0 Å². The molecule has 2 amide bonds. The summed E-state index contributed by atoms with van der Waals surface area (Å²) in [6.07, 6.45) is 2.35.